The third kappa shape index (κ3) is 12.6. The van der Waals surface area contributed by atoms with Crippen LogP contribution in [0.2, 0.25) is 0 Å². The minimum Gasteiger partial charge on any atom is -0.494 e. The number of hydrogen-bond donors (Lipinski definition) is 0. The molecule has 0 unspecified atom stereocenters. The summed E-state index contributed by atoms with van der Waals surface area (Å²) in [6, 6.07) is 44.4. The Morgan fingerprint density at radius 3 is 1.16 bits per heavy atom. The van der Waals surface area contributed by atoms with Crippen LogP contribution in [0.1, 0.15) is 82.5 Å². The molecule has 8 nitrogen and oxygen atoms in total. The molecule has 6 aromatic rings. The van der Waals surface area contributed by atoms with Crippen molar-refractivity contribution in [1.29, 1.82) is 0 Å². The highest BCUT2D eigenvalue weighted by atomic mass is 16.5. The third-order valence-corrected chi connectivity index (χ3v) is 8.90. The van der Waals surface area contributed by atoms with Gasteiger partial charge in [-0.2, -0.15) is 0 Å². The standard InChI is InChI=1S/C49H46N2O6/c1-3-5-31-54-44-27-19-42(20-28-44)50-34-38-7-15-40(16-8-38)48(52)56-46-23-11-36(12-24-46)33-37-13-25-47(26-14-37)57-49(53)41-17-9-39(10-18-41)35-51-43-21-29-45(30-22-43)55-32-6-4-2/h7-30,34-35H,3-6,31-33H2,1-2H3. The quantitative estimate of drug-likeness (QED) is 0.0375. The van der Waals surface area contributed by atoms with Gasteiger partial charge in [0.05, 0.1) is 35.7 Å². The minimum absolute atomic E-state index is 0.439. The van der Waals surface area contributed by atoms with Gasteiger partial charge in [-0.15, -0.1) is 0 Å². The molecule has 0 aliphatic heterocycles. The summed E-state index contributed by atoms with van der Waals surface area (Å²) >= 11 is 0. The van der Waals surface area contributed by atoms with E-state index in [4.69, 9.17) is 18.9 Å². The van der Waals surface area contributed by atoms with Gasteiger partial charge in [-0.05, 0) is 139 Å². The zero-order valence-corrected chi connectivity index (χ0v) is 32.3. The van der Waals surface area contributed by atoms with Gasteiger partial charge in [0.15, 0.2) is 0 Å². The Balaban J connectivity index is 0.933. The molecule has 0 amide bonds. The molecule has 0 heterocycles. The van der Waals surface area contributed by atoms with E-state index in [-0.39, 0.29) is 0 Å². The fourth-order valence-corrected chi connectivity index (χ4v) is 5.55. The summed E-state index contributed by atoms with van der Waals surface area (Å²) in [6.07, 6.45) is 8.41. The molecule has 0 N–H and O–H groups in total. The summed E-state index contributed by atoms with van der Waals surface area (Å²) in [5, 5.41) is 0. The molecule has 0 saturated carbocycles. The number of esters is 2. The van der Waals surface area contributed by atoms with E-state index in [1.807, 2.05) is 97.1 Å². The van der Waals surface area contributed by atoms with Crippen LogP contribution in [0.25, 0.3) is 0 Å². The third-order valence-electron chi connectivity index (χ3n) is 8.90. The van der Waals surface area contributed by atoms with Crippen LogP contribution >= 0.6 is 0 Å². The molecule has 6 aromatic carbocycles. The van der Waals surface area contributed by atoms with Crippen molar-refractivity contribution in [2.75, 3.05) is 13.2 Å². The topological polar surface area (TPSA) is 95.8 Å². The lowest BCUT2D eigenvalue weighted by atomic mass is 10.0. The van der Waals surface area contributed by atoms with Crippen LogP contribution < -0.4 is 18.9 Å². The predicted octanol–water partition coefficient (Wildman–Crippen LogP) is 11.6. The maximum atomic E-state index is 12.8. The molecule has 0 aliphatic rings. The maximum Gasteiger partial charge on any atom is 0.343 e. The molecular weight excluding hydrogens is 713 g/mol. The van der Waals surface area contributed by atoms with Gasteiger partial charge in [-0.25, -0.2) is 9.59 Å². The number of benzene rings is 6. The fourth-order valence-electron chi connectivity index (χ4n) is 5.55. The highest BCUT2D eigenvalue weighted by Crippen LogP contribution is 2.22. The van der Waals surface area contributed by atoms with Gasteiger partial charge in [0, 0.05) is 12.4 Å². The second-order valence-corrected chi connectivity index (χ2v) is 13.4. The van der Waals surface area contributed by atoms with E-state index in [2.05, 4.69) is 23.8 Å². The first-order valence-electron chi connectivity index (χ1n) is 19.3. The Kier molecular flexibility index (Phi) is 14.5. The highest BCUT2D eigenvalue weighted by Gasteiger charge is 2.11. The van der Waals surface area contributed by atoms with E-state index < -0.39 is 11.9 Å². The molecule has 0 fully saturated rings. The number of rotatable bonds is 18. The van der Waals surface area contributed by atoms with Crippen molar-refractivity contribution in [2.45, 2.75) is 46.0 Å². The van der Waals surface area contributed by atoms with Crippen molar-refractivity contribution in [1.82, 2.24) is 0 Å². The van der Waals surface area contributed by atoms with Crippen molar-refractivity contribution in [3.8, 4) is 23.0 Å². The maximum absolute atomic E-state index is 12.8. The summed E-state index contributed by atoms with van der Waals surface area (Å²) in [7, 11) is 0. The van der Waals surface area contributed by atoms with Gasteiger partial charge in [-0.3, -0.25) is 9.98 Å². The molecule has 0 saturated heterocycles. The van der Waals surface area contributed by atoms with Crippen molar-refractivity contribution >= 4 is 35.7 Å². The van der Waals surface area contributed by atoms with E-state index in [9.17, 15) is 9.59 Å². The van der Waals surface area contributed by atoms with Gasteiger partial charge < -0.3 is 18.9 Å². The van der Waals surface area contributed by atoms with Gasteiger partial charge in [0.25, 0.3) is 0 Å². The van der Waals surface area contributed by atoms with Crippen LogP contribution in [-0.4, -0.2) is 37.6 Å². The summed E-state index contributed by atoms with van der Waals surface area (Å²) < 4.78 is 22.7. The van der Waals surface area contributed by atoms with Crippen LogP contribution in [-0.2, 0) is 6.42 Å². The molecule has 0 aromatic heterocycles. The van der Waals surface area contributed by atoms with Gasteiger partial charge in [0.1, 0.15) is 23.0 Å². The minimum atomic E-state index is -0.439. The zero-order valence-electron chi connectivity index (χ0n) is 32.3. The monoisotopic (exact) mass is 758 g/mol. The molecule has 8 heteroatoms. The molecule has 0 radical (unpaired) electrons. The number of carbonyl (C=O) groups is 2. The van der Waals surface area contributed by atoms with E-state index in [1.54, 1.807) is 61.0 Å². The van der Waals surface area contributed by atoms with E-state index >= 15 is 0 Å². The number of carbonyl (C=O) groups excluding carboxylic acids is 2. The number of aliphatic imine (C=N–C) groups is 2. The molecule has 0 spiro atoms. The van der Waals surface area contributed by atoms with Crippen molar-refractivity contribution in [2.24, 2.45) is 9.98 Å². The van der Waals surface area contributed by atoms with Crippen LogP contribution in [0.5, 0.6) is 23.0 Å². The molecule has 0 bridgehead atoms. The summed E-state index contributed by atoms with van der Waals surface area (Å²) in [5.74, 6) is 1.70. The number of nitrogens with zero attached hydrogens (tertiary/aromatic N) is 2. The highest BCUT2D eigenvalue weighted by molar-refractivity contribution is 5.93. The van der Waals surface area contributed by atoms with Gasteiger partial charge in [0.2, 0.25) is 0 Å². The van der Waals surface area contributed by atoms with Crippen molar-refractivity contribution < 1.29 is 28.5 Å². The Hall–Kier alpha value is -6.80. The smallest absolute Gasteiger partial charge is 0.343 e. The van der Waals surface area contributed by atoms with Crippen molar-refractivity contribution in [3.05, 3.63) is 179 Å². The van der Waals surface area contributed by atoms with Gasteiger partial charge >= 0.3 is 11.9 Å². The zero-order chi connectivity index (χ0) is 39.7. The van der Waals surface area contributed by atoms with Crippen LogP contribution in [0.4, 0.5) is 11.4 Å². The Morgan fingerprint density at radius 1 is 0.456 bits per heavy atom. The van der Waals surface area contributed by atoms with Gasteiger partial charge in [-0.1, -0.05) is 75.2 Å². The second-order valence-electron chi connectivity index (χ2n) is 13.4. The molecule has 288 valence electrons. The normalized spacial score (nSPS) is 11.1. The molecule has 6 rings (SSSR count). The van der Waals surface area contributed by atoms with Crippen LogP contribution in [0.3, 0.4) is 0 Å². The lowest BCUT2D eigenvalue weighted by molar-refractivity contribution is 0.0725. The summed E-state index contributed by atoms with van der Waals surface area (Å²) in [4.78, 5) is 34.7. The van der Waals surface area contributed by atoms with E-state index in [0.29, 0.717) is 42.3 Å². The average Bonchev–Trinajstić information content (AvgIpc) is 3.25. The summed E-state index contributed by atoms with van der Waals surface area (Å²) in [5.41, 5.74) is 6.33. The van der Waals surface area contributed by atoms with E-state index in [0.717, 1.165) is 70.8 Å². The average molecular weight is 759 g/mol. The lowest BCUT2D eigenvalue weighted by Crippen LogP contribution is -2.08. The van der Waals surface area contributed by atoms with Crippen molar-refractivity contribution in [3.63, 3.8) is 0 Å². The number of hydrogen-bond acceptors (Lipinski definition) is 8. The Morgan fingerprint density at radius 2 is 0.807 bits per heavy atom. The van der Waals surface area contributed by atoms with Crippen LogP contribution in [0.15, 0.2) is 156 Å². The SMILES string of the molecule is CCCCOc1ccc(N=Cc2ccc(C(=O)Oc3ccc(Cc4ccc(OC(=O)c5ccc(C=Nc6ccc(OCCCC)cc6)cc5)cc4)cc3)cc2)cc1. The van der Waals surface area contributed by atoms with E-state index in [1.165, 1.54) is 0 Å². The molecule has 57 heavy (non-hydrogen) atoms. The first-order chi connectivity index (χ1) is 27.9. The lowest BCUT2D eigenvalue weighted by Gasteiger charge is -2.08. The summed E-state index contributed by atoms with van der Waals surface area (Å²) in [6.45, 7) is 5.69. The fraction of sp³-hybridized carbons (Fsp3) is 0.184. The first-order valence-corrected chi connectivity index (χ1v) is 19.3. The molecule has 0 aliphatic carbocycles. The number of ether oxygens (including phenoxy) is 4. The largest absolute Gasteiger partial charge is 0.494 e. The predicted molar refractivity (Wildman–Crippen MR) is 227 cm³/mol. The molecular formula is C49H46N2O6. The Labute approximate surface area is 334 Å². The Bertz CT molecular complexity index is 2070. The number of unbranched alkanes of at least 4 members (excludes halogenated alkanes) is 2. The second kappa shape index (κ2) is 20.8. The first kappa shape index (κ1) is 39.9. The molecule has 0 atom stereocenters. The van der Waals surface area contributed by atoms with Crippen LogP contribution in [0, 0.1) is 0 Å².